The van der Waals surface area contributed by atoms with Crippen LogP contribution in [-0.4, -0.2) is 23.8 Å². The predicted molar refractivity (Wildman–Crippen MR) is 120 cm³/mol. The van der Waals surface area contributed by atoms with Gasteiger partial charge in [0.2, 0.25) is 0 Å². The standard InChI is InChI=1S/C25H21ClN2O2/c1-17-12-14-19(15-13-17)22-23(27(2)16-18-8-4-3-5-9-18)25(30)28(24(22)29)21-11-7-6-10-20(21)26/h3-15H,16H2,1-2H3. The summed E-state index contributed by atoms with van der Waals surface area (Å²) >= 11 is 6.33. The van der Waals surface area contributed by atoms with Crippen LogP contribution in [0.3, 0.4) is 0 Å². The van der Waals surface area contributed by atoms with Gasteiger partial charge in [0.25, 0.3) is 11.8 Å². The van der Waals surface area contributed by atoms with Gasteiger partial charge < -0.3 is 4.90 Å². The first-order valence-corrected chi connectivity index (χ1v) is 10.0. The lowest BCUT2D eigenvalue weighted by molar-refractivity contribution is -0.120. The van der Waals surface area contributed by atoms with Gasteiger partial charge in [-0.15, -0.1) is 0 Å². The number of rotatable bonds is 5. The highest BCUT2D eigenvalue weighted by molar-refractivity contribution is 6.47. The topological polar surface area (TPSA) is 40.6 Å². The Labute approximate surface area is 181 Å². The van der Waals surface area contributed by atoms with Crippen molar-refractivity contribution in [3.63, 3.8) is 0 Å². The van der Waals surface area contributed by atoms with E-state index in [4.69, 9.17) is 11.6 Å². The quantitative estimate of drug-likeness (QED) is 0.545. The lowest BCUT2D eigenvalue weighted by Crippen LogP contribution is -2.34. The van der Waals surface area contributed by atoms with E-state index in [0.29, 0.717) is 34.1 Å². The van der Waals surface area contributed by atoms with Crippen LogP contribution in [0.1, 0.15) is 16.7 Å². The Hall–Kier alpha value is -3.37. The Kier molecular flexibility index (Phi) is 5.42. The fourth-order valence-electron chi connectivity index (χ4n) is 3.64. The number of nitrogens with zero attached hydrogens (tertiary/aromatic N) is 2. The van der Waals surface area contributed by atoms with Crippen LogP contribution in [0, 0.1) is 6.92 Å². The molecule has 30 heavy (non-hydrogen) atoms. The zero-order chi connectivity index (χ0) is 21.3. The number of halogens is 1. The maximum Gasteiger partial charge on any atom is 0.282 e. The van der Waals surface area contributed by atoms with Crippen LogP contribution in [-0.2, 0) is 16.1 Å². The number of anilines is 1. The van der Waals surface area contributed by atoms with Crippen molar-refractivity contribution in [3.05, 3.63) is 106 Å². The Morgan fingerprint density at radius 3 is 2.13 bits per heavy atom. The summed E-state index contributed by atoms with van der Waals surface area (Å²) < 4.78 is 0. The van der Waals surface area contributed by atoms with Crippen LogP contribution in [0.2, 0.25) is 5.02 Å². The number of para-hydroxylation sites is 1. The van der Waals surface area contributed by atoms with E-state index in [1.165, 1.54) is 4.90 Å². The van der Waals surface area contributed by atoms with E-state index >= 15 is 0 Å². The molecule has 0 aliphatic carbocycles. The number of benzene rings is 3. The molecule has 0 spiro atoms. The molecule has 0 unspecified atom stereocenters. The van der Waals surface area contributed by atoms with Crippen LogP contribution >= 0.6 is 11.6 Å². The molecule has 0 radical (unpaired) electrons. The molecular formula is C25H21ClN2O2. The molecule has 0 bridgehead atoms. The van der Waals surface area contributed by atoms with Gasteiger partial charge in [0.15, 0.2) is 0 Å². The van der Waals surface area contributed by atoms with Gasteiger partial charge in [0.1, 0.15) is 5.70 Å². The molecule has 2 amide bonds. The van der Waals surface area contributed by atoms with E-state index in [9.17, 15) is 9.59 Å². The normalized spacial score (nSPS) is 13.9. The second kappa shape index (κ2) is 8.17. The maximum atomic E-state index is 13.5. The van der Waals surface area contributed by atoms with Crippen LogP contribution < -0.4 is 4.90 Å². The van der Waals surface area contributed by atoms with Gasteiger partial charge in [-0.25, -0.2) is 4.90 Å². The zero-order valence-electron chi connectivity index (χ0n) is 16.8. The molecular weight excluding hydrogens is 396 g/mol. The van der Waals surface area contributed by atoms with Crippen LogP contribution in [0.5, 0.6) is 0 Å². The summed E-state index contributed by atoms with van der Waals surface area (Å²) in [5.74, 6) is -0.742. The van der Waals surface area contributed by atoms with Crippen molar-refractivity contribution in [2.75, 3.05) is 11.9 Å². The summed E-state index contributed by atoms with van der Waals surface area (Å²) in [6, 6.07) is 24.4. The molecule has 0 atom stereocenters. The molecule has 0 saturated heterocycles. The van der Waals surface area contributed by atoms with E-state index in [-0.39, 0.29) is 11.8 Å². The van der Waals surface area contributed by atoms with E-state index in [0.717, 1.165) is 11.1 Å². The Bertz CT molecular complexity index is 1140. The number of amides is 2. The fourth-order valence-corrected chi connectivity index (χ4v) is 3.86. The smallest absolute Gasteiger partial charge is 0.282 e. The van der Waals surface area contributed by atoms with Gasteiger partial charge >= 0.3 is 0 Å². The monoisotopic (exact) mass is 416 g/mol. The van der Waals surface area contributed by atoms with Crippen molar-refractivity contribution in [3.8, 4) is 0 Å². The second-order valence-electron chi connectivity index (χ2n) is 7.33. The summed E-state index contributed by atoms with van der Waals surface area (Å²) in [5, 5.41) is 0.356. The molecule has 4 nitrogen and oxygen atoms in total. The SMILES string of the molecule is Cc1ccc(C2=C(N(C)Cc3ccccc3)C(=O)N(c3ccccc3Cl)C2=O)cc1. The molecule has 0 N–H and O–H groups in total. The Morgan fingerprint density at radius 1 is 0.833 bits per heavy atom. The van der Waals surface area contributed by atoms with Crippen molar-refractivity contribution in [2.24, 2.45) is 0 Å². The average molecular weight is 417 g/mol. The van der Waals surface area contributed by atoms with Gasteiger partial charge in [-0.1, -0.05) is 83.9 Å². The summed E-state index contributed by atoms with van der Waals surface area (Å²) in [7, 11) is 1.83. The van der Waals surface area contributed by atoms with Gasteiger partial charge in [0, 0.05) is 13.6 Å². The first-order chi connectivity index (χ1) is 14.5. The summed E-state index contributed by atoms with van der Waals surface area (Å²) in [6.45, 7) is 2.49. The Balaban J connectivity index is 1.82. The van der Waals surface area contributed by atoms with Crippen LogP contribution in [0.15, 0.2) is 84.6 Å². The third kappa shape index (κ3) is 3.62. The lowest BCUT2D eigenvalue weighted by atomic mass is 10.0. The third-order valence-corrected chi connectivity index (χ3v) is 5.46. The molecule has 1 aliphatic heterocycles. The van der Waals surface area contributed by atoms with Crippen molar-refractivity contribution >= 4 is 34.7 Å². The number of likely N-dealkylation sites (N-methyl/N-ethyl adjacent to an activating group) is 1. The molecule has 150 valence electrons. The summed E-state index contributed by atoms with van der Waals surface area (Å²) in [6.07, 6.45) is 0. The van der Waals surface area contributed by atoms with Crippen LogP contribution in [0.25, 0.3) is 5.57 Å². The Morgan fingerprint density at radius 2 is 1.47 bits per heavy atom. The van der Waals surface area contributed by atoms with Crippen molar-refractivity contribution in [1.29, 1.82) is 0 Å². The number of hydrogen-bond donors (Lipinski definition) is 0. The molecule has 0 aromatic heterocycles. The second-order valence-corrected chi connectivity index (χ2v) is 7.74. The minimum atomic E-state index is -0.373. The van der Waals surface area contributed by atoms with Crippen LogP contribution in [0.4, 0.5) is 5.69 Å². The van der Waals surface area contributed by atoms with E-state index < -0.39 is 0 Å². The number of hydrogen-bond acceptors (Lipinski definition) is 3. The molecule has 3 aromatic carbocycles. The van der Waals surface area contributed by atoms with Crippen molar-refractivity contribution in [2.45, 2.75) is 13.5 Å². The van der Waals surface area contributed by atoms with Gasteiger partial charge in [-0.3, -0.25) is 9.59 Å². The largest absolute Gasteiger partial charge is 0.365 e. The number of carbonyl (C=O) groups excluding carboxylic acids is 2. The predicted octanol–water partition coefficient (Wildman–Crippen LogP) is 5.06. The first kappa shape index (κ1) is 19.9. The third-order valence-electron chi connectivity index (χ3n) is 5.14. The maximum absolute atomic E-state index is 13.5. The number of aryl methyl sites for hydroxylation is 1. The molecule has 1 aliphatic rings. The lowest BCUT2D eigenvalue weighted by Gasteiger charge is -2.22. The van der Waals surface area contributed by atoms with E-state index in [1.54, 1.807) is 24.3 Å². The minimum Gasteiger partial charge on any atom is -0.365 e. The highest BCUT2D eigenvalue weighted by Crippen LogP contribution is 2.37. The van der Waals surface area contributed by atoms with Gasteiger partial charge in [-0.2, -0.15) is 0 Å². The average Bonchev–Trinajstić information content (AvgIpc) is 3.00. The molecule has 5 heteroatoms. The fraction of sp³-hybridized carbons (Fsp3) is 0.120. The van der Waals surface area contributed by atoms with E-state index in [2.05, 4.69) is 0 Å². The summed E-state index contributed by atoms with van der Waals surface area (Å²) in [5.41, 5.74) is 3.99. The molecule has 1 heterocycles. The molecule has 0 saturated carbocycles. The van der Waals surface area contributed by atoms with E-state index in [1.807, 2.05) is 73.5 Å². The molecule has 3 aromatic rings. The zero-order valence-corrected chi connectivity index (χ0v) is 17.6. The molecule has 0 fully saturated rings. The highest BCUT2D eigenvalue weighted by atomic mass is 35.5. The van der Waals surface area contributed by atoms with Crippen molar-refractivity contribution < 1.29 is 9.59 Å². The summed E-state index contributed by atoms with van der Waals surface area (Å²) in [4.78, 5) is 30.0. The number of carbonyl (C=O) groups is 2. The molecule has 4 rings (SSSR count). The van der Waals surface area contributed by atoms with Gasteiger partial charge in [0.05, 0.1) is 16.3 Å². The van der Waals surface area contributed by atoms with Gasteiger partial charge in [-0.05, 0) is 30.2 Å². The number of imide groups is 1. The first-order valence-electron chi connectivity index (χ1n) is 9.67. The highest BCUT2D eigenvalue weighted by Gasteiger charge is 2.42. The van der Waals surface area contributed by atoms with Crippen molar-refractivity contribution in [1.82, 2.24) is 4.90 Å². The minimum absolute atomic E-state index is 0.356.